The molecule has 3 rings (SSSR count). The Morgan fingerprint density at radius 1 is 1.33 bits per heavy atom. The van der Waals surface area contributed by atoms with Crippen molar-refractivity contribution < 1.29 is 14.3 Å². The summed E-state index contributed by atoms with van der Waals surface area (Å²) in [7, 11) is 0. The number of hydrogen-bond acceptors (Lipinski definition) is 6. The zero-order chi connectivity index (χ0) is 19.6. The Kier molecular flexibility index (Phi) is 5.12. The van der Waals surface area contributed by atoms with Crippen molar-refractivity contribution in [2.45, 2.75) is 33.4 Å². The third-order valence-corrected chi connectivity index (χ3v) is 4.49. The zero-order valence-electron chi connectivity index (χ0n) is 15.4. The van der Waals surface area contributed by atoms with Crippen LogP contribution >= 0.6 is 0 Å². The fourth-order valence-electron chi connectivity index (χ4n) is 2.85. The molecule has 0 aliphatic carbocycles. The first-order chi connectivity index (χ1) is 12.9. The monoisotopic (exact) mass is 368 g/mol. The fourth-order valence-corrected chi connectivity index (χ4v) is 2.85. The normalized spacial score (nSPS) is 13.6. The van der Waals surface area contributed by atoms with E-state index in [-0.39, 0.29) is 24.1 Å². The van der Waals surface area contributed by atoms with Crippen LogP contribution in [0.15, 0.2) is 23.0 Å². The lowest BCUT2D eigenvalue weighted by atomic mass is 10.1. The van der Waals surface area contributed by atoms with Gasteiger partial charge in [-0.25, -0.2) is 4.68 Å². The fraction of sp³-hybridized carbons (Fsp3) is 0.368. The van der Waals surface area contributed by atoms with E-state index < -0.39 is 5.56 Å². The van der Waals surface area contributed by atoms with Crippen LogP contribution < -0.4 is 20.3 Å². The Bertz CT molecular complexity index is 990. The van der Waals surface area contributed by atoms with Crippen molar-refractivity contribution >= 4 is 5.91 Å². The van der Waals surface area contributed by atoms with Crippen molar-refractivity contribution in [3.63, 3.8) is 0 Å². The van der Waals surface area contributed by atoms with Gasteiger partial charge in [0.25, 0.3) is 5.56 Å². The molecule has 1 aromatic heterocycles. The lowest BCUT2D eigenvalue weighted by molar-refractivity contribution is -0.122. The predicted octanol–water partition coefficient (Wildman–Crippen LogP) is 1.38. The van der Waals surface area contributed by atoms with Gasteiger partial charge in [-0.05, 0) is 44.0 Å². The molecule has 27 heavy (non-hydrogen) atoms. The molecule has 1 N–H and O–H groups in total. The van der Waals surface area contributed by atoms with Crippen LogP contribution in [0.3, 0.4) is 0 Å². The molecule has 0 saturated carbocycles. The summed E-state index contributed by atoms with van der Waals surface area (Å²) in [6.45, 7) is 5.93. The molecule has 1 aliphatic rings. The third kappa shape index (κ3) is 3.77. The van der Waals surface area contributed by atoms with Gasteiger partial charge in [0.1, 0.15) is 31.4 Å². The van der Waals surface area contributed by atoms with Crippen molar-refractivity contribution in [3.8, 4) is 17.6 Å². The van der Waals surface area contributed by atoms with Crippen LogP contribution in [-0.2, 0) is 11.3 Å². The Hall–Kier alpha value is -3.34. The van der Waals surface area contributed by atoms with Gasteiger partial charge in [-0.1, -0.05) is 6.07 Å². The summed E-state index contributed by atoms with van der Waals surface area (Å²) < 4.78 is 12.1. The van der Waals surface area contributed by atoms with Gasteiger partial charge < -0.3 is 14.8 Å². The van der Waals surface area contributed by atoms with Gasteiger partial charge in [0.2, 0.25) is 5.91 Å². The van der Waals surface area contributed by atoms with Gasteiger partial charge in [0.15, 0.2) is 11.5 Å². The third-order valence-electron chi connectivity index (χ3n) is 4.49. The number of aromatic nitrogens is 2. The first-order valence-corrected chi connectivity index (χ1v) is 8.58. The smallest absolute Gasteiger partial charge is 0.285 e. The van der Waals surface area contributed by atoms with Crippen LogP contribution in [0.5, 0.6) is 11.5 Å². The molecule has 0 spiro atoms. The highest BCUT2D eigenvalue weighted by Crippen LogP contribution is 2.32. The number of amides is 1. The Labute approximate surface area is 156 Å². The Morgan fingerprint density at radius 2 is 2.04 bits per heavy atom. The summed E-state index contributed by atoms with van der Waals surface area (Å²) in [5.74, 6) is 0.947. The van der Waals surface area contributed by atoms with Crippen LogP contribution in [-0.4, -0.2) is 28.9 Å². The standard InChI is InChI=1S/C19H20N4O4/c1-11-12(2)22-23(19(25)15(11)9-20)10-18(24)21-13(3)14-4-5-16-17(8-14)27-7-6-26-16/h4-5,8,13H,6-7,10H2,1-3H3,(H,21,24). The summed E-state index contributed by atoms with van der Waals surface area (Å²) in [5, 5.41) is 16.1. The summed E-state index contributed by atoms with van der Waals surface area (Å²) in [6, 6.07) is 7.07. The second kappa shape index (κ2) is 7.50. The molecular formula is C19H20N4O4. The maximum Gasteiger partial charge on any atom is 0.285 e. The molecule has 0 radical (unpaired) electrons. The highest BCUT2D eigenvalue weighted by atomic mass is 16.6. The summed E-state index contributed by atoms with van der Waals surface area (Å²) >= 11 is 0. The van der Waals surface area contributed by atoms with E-state index in [1.165, 1.54) is 0 Å². The van der Waals surface area contributed by atoms with E-state index in [0.29, 0.717) is 36.0 Å². The Balaban J connectivity index is 1.74. The summed E-state index contributed by atoms with van der Waals surface area (Å²) in [4.78, 5) is 24.7. The lowest BCUT2D eigenvalue weighted by Crippen LogP contribution is -2.36. The minimum Gasteiger partial charge on any atom is -0.486 e. The lowest BCUT2D eigenvalue weighted by Gasteiger charge is -2.21. The molecule has 8 heteroatoms. The molecule has 2 heterocycles. The number of nitriles is 1. The van der Waals surface area contributed by atoms with E-state index in [1.54, 1.807) is 19.9 Å². The average molecular weight is 368 g/mol. The van der Waals surface area contributed by atoms with Crippen LogP contribution in [0.4, 0.5) is 0 Å². The van der Waals surface area contributed by atoms with Gasteiger partial charge in [0.05, 0.1) is 11.7 Å². The molecule has 1 aromatic carbocycles. The van der Waals surface area contributed by atoms with Crippen LogP contribution in [0, 0.1) is 25.2 Å². The molecule has 1 amide bonds. The molecule has 2 aromatic rings. The van der Waals surface area contributed by atoms with E-state index in [4.69, 9.17) is 14.7 Å². The highest BCUT2D eigenvalue weighted by molar-refractivity contribution is 5.76. The second-order valence-corrected chi connectivity index (χ2v) is 6.35. The van der Waals surface area contributed by atoms with Crippen molar-refractivity contribution in [3.05, 3.63) is 50.9 Å². The molecule has 140 valence electrons. The SMILES string of the molecule is Cc1nn(CC(=O)NC(C)c2ccc3c(c2)OCCO3)c(=O)c(C#N)c1C. The minimum absolute atomic E-state index is 0.00943. The molecule has 0 bridgehead atoms. The number of nitrogens with zero attached hydrogens (tertiary/aromatic N) is 3. The average Bonchev–Trinajstić information content (AvgIpc) is 2.66. The van der Waals surface area contributed by atoms with Crippen molar-refractivity contribution in [1.82, 2.24) is 15.1 Å². The molecule has 0 fully saturated rings. The van der Waals surface area contributed by atoms with E-state index in [1.807, 2.05) is 25.1 Å². The number of fused-ring (bicyclic) bond motifs is 1. The summed E-state index contributed by atoms with van der Waals surface area (Å²) in [5.41, 5.74) is 1.37. The molecule has 0 saturated heterocycles. The van der Waals surface area contributed by atoms with Crippen LogP contribution in [0.25, 0.3) is 0 Å². The van der Waals surface area contributed by atoms with Gasteiger partial charge >= 0.3 is 0 Å². The number of hydrogen-bond donors (Lipinski definition) is 1. The molecule has 1 atom stereocenters. The number of nitrogens with one attached hydrogen (secondary N) is 1. The van der Waals surface area contributed by atoms with E-state index >= 15 is 0 Å². The van der Waals surface area contributed by atoms with Crippen molar-refractivity contribution in [2.75, 3.05) is 13.2 Å². The number of carbonyl (C=O) groups excluding carboxylic acids is 1. The van der Waals surface area contributed by atoms with Crippen molar-refractivity contribution in [2.24, 2.45) is 0 Å². The number of benzene rings is 1. The van der Waals surface area contributed by atoms with Crippen LogP contribution in [0.2, 0.25) is 0 Å². The highest BCUT2D eigenvalue weighted by Gasteiger charge is 2.18. The first kappa shape index (κ1) is 18.5. The second-order valence-electron chi connectivity index (χ2n) is 6.35. The quantitative estimate of drug-likeness (QED) is 0.874. The molecular weight excluding hydrogens is 348 g/mol. The number of rotatable bonds is 4. The number of ether oxygens (including phenoxy) is 2. The summed E-state index contributed by atoms with van der Waals surface area (Å²) in [6.07, 6.45) is 0. The first-order valence-electron chi connectivity index (χ1n) is 8.58. The van der Waals surface area contributed by atoms with E-state index in [2.05, 4.69) is 10.4 Å². The molecule has 8 nitrogen and oxygen atoms in total. The van der Waals surface area contributed by atoms with Crippen molar-refractivity contribution in [1.29, 1.82) is 5.26 Å². The molecule has 1 unspecified atom stereocenters. The van der Waals surface area contributed by atoms with Gasteiger partial charge in [-0.2, -0.15) is 10.4 Å². The number of aryl methyl sites for hydroxylation is 1. The zero-order valence-corrected chi connectivity index (χ0v) is 15.4. The van der Waals surface area contributed by atoms with Gasteiger partial charge in [0, 0.05) is 0 Å². The minimum atomic E-state index is -0.567. The topological polar surface area (TPSA) is 106 Å². The predicted molar refractivity (Wildman–Crippen MR) is 96.7 cm³/mol. The molecule has 1 aliphatic heterocycles. The van der Waals surface area contributed by atoms with Crippen LogP contribution in [0.1, 0.15) is 35.3 Å². The van der Waals surface area contributed by atoms with Gasteiger partial charge in [-0.3, -0.25) is 9.59 Å². The maximum atomic E-state index is 12.4. The number of carbonyl (C=O) groups is 1. The van der Waals surface area contributed by atoms with E-state index in [0.717, 1.165) is 10.2 Å². The van der Waals surface area contributed by atoms with E-state index in [9.17, 15) is 9.59 Å². The Morgan fingerprint density at radius 3 is 2.74 bits per heavy atom. The largest absolute Gasteiger partial charge is 0.486 e. The van der Waals surface area contributed by atoms with Gasteiger partial charge in [-0.15, -0.1) is 0 Å². The maximum absolute atomic E-state index is 12.4.